The molecular weight excluding hydrogens is 354 g/mol. The molecule has 1 N–H and O–H groups in total. The van der Waals surface area contributed by atoms with Crippen molar-refractivity contribution in [1.82, 2.24) is 0 Å². The lowest BCUT2D eigenvalue weighted by Crippen LogP contribution is -2.21. The van der Waals surface area contributed by atoms with Gasteiger partial charge in [0, 0.05) is 6.54 Å². The van der Waals surface area contributed by atoms with Gasteiger partial charge in [-0.15, -0.1) is 5.10 Å². The van der Waals surface area contributed by atoms with Crippen molar-refractivity contribution in [2.75, 3.05) is 30.6 Å². The number of carbonyl (C=O) groups excluding carboxylic acids is 1. The molecule has 0 radical (unpaired) electrons. The van der Waals surface area contributed by atoms with E-state index in [9.17, 15) is 4.79 Å². The van der Waals surface area contributed by atoms with Crippen LogP contribution >= 0.6 is 0 Å². The zero-order valence-electron chi connectivity index (χ0n) is 16.7. The number of nitrogens with zero attached hydrogens (tertiary/aromatic N) is 2. The number of carbonyl (C=O) groups is 1. The molecule has 0 atom stereocenters. The lowest BCUT2D eigenvalue weighted by Gasteiger charge is -2.13. The number of hydrazone groups is 1. The second-order valence-corrected chi connectivity index (χ2v) is 6.29. The molecule has 0 saturated heterocycles. The van der Waals surface area contributed by atoms with E-state index in [1.165, 1.54) is 5.01 Å². The molecule has 0 bridgehead atoms. The van der Waals surface area contributed by atoms with E-state index in [0.29, 0.717) is 23.8 Å². The van der Waals surface area contributed by atoms with Gasteiger partial charge in [-0.2, -0.15) is 5.01 Å². The Labute approximate surface area is 165 Å². The van der Waals surface area contributed by atoms with Crippen LogP contribution in [0.5, 0.6) is 5.75 Å². The first-order valence-electron chi connectivity index (χ1n) is 9.34. The number of nitrogens with one attached hydrogen (secondary N) is 1. The Balaban J connectivity index is 2.03. The number of rotatable bonds is 6. The molecule has 0 aromatic heterocycles. The monoisotopic (exact) mass is 379 g/mol. The first-order chi connectivity index (χ1) is 13.6. The van der Waals surface area contributed by atoms with E-state index in [-0.39, 0.29) is 5.91 Å². The molecule has 0 spiro atoms. The third-order valence-electron chi connectivity index (χ3n) is 4.38. The van der Waals surface area contributed by atoms with Crippen molar-refractivity contribution in [3.8, 4) is 5.75 Å². The fraction of sp³-hybridized carbons (Fsp3) is 0.273. The Bertz CT molecular complexity index is 920. The van der Waals surface area contributed by atoms with Crippen LogP contribution in [0.15, 0.2) is 53.1 Å². The summed E-state index contributed by atoms with van der Waals surface area (Å²) in [6.45, 7) is 7.12. The maximum Gasteiger partial charge on any atom is 0.284 e. The first kappa shape index (κ1) is 19.5. The third kappa shape index (κ3) is 3.86. The molecule has 146 valence electrons. The van der Waals surface area contributed by atoms with Gasteiger partial charge in [0.2, 0.25) is 5.90 Å². The van der Waals surface area contributed by atoms with Crippen LogP contribution in [0, 0.1) is 6.92 Å². The highest BCUT2D eigenvalue weighted by Gasteiger charge is 2.32. The molecule has 6 nitrogen and oxygen atoms in total. The maximum atomic E-state index is 13.1. The van der Waals surface area contributed by atoms with Crippen molar-refractivity contribution in [3.05, 3.63) is 59.2 Å². The Morgan fingerprint density at radius 3 is 2.57 bits per heavy atom. The summed E-state index contributed by atoms with van der Waals surface area (Å²) >= 11 is 0. The molecule has 1 amide bonds. The highest BCUT2D eigenvalue weighted by molar-refractivity contribution is 6.30. The SMILES string of the molecule is CCNc1cc(C)c(C=C2C(=O)N(c3ccccc3)N=C2OCC)cc1OC. The zero-order valence-corrected chi connectivity index (χ0v) is 16.7. The number of aryl methyl sites for hydroxylation is 1. The highest BCUT2D eigenvalue weighted by atomic mass is 16.5. The van der Waals surface area contributed by atoms with E-state index in [0.717, 1.165) is 29.1 Å². The van der Waals surface area contributed by atoms with Crippen molar-refractivity contribution in [2.45, 2.75) is 20.8 Å². The third-order valence-corrected chi connectivity index (χ3v) is 4.38. The van der Waals surface area contributed by atoms with Gasteiger partial charge in [-0.1, -0.05) is 18.2 Å². The number of methoxy groups -OCH3 is 1. The number of hydrogen-bond acceptors (Lipinski definition) is 5. The van der Waals surface area contributed by atoms with Gasteiger partial charge in [0.1, 0.15) is 11.3 Å². The first-order valence-corrected chi connectivity index (χ1v) is 9.34. The summed E-state index contributed by atoms with van der Waals surface area (Å²) < 4.78 is 11.1. The van der Waals surface area contributed by atoms with E-state index in [1.54, 1.807) is 7.11 Å². The number of anilines is 2. The fourth-order valence-electron chi connectivity index (χ4n) is 3.02. The van der Waals surface area contributed by atoms with Crippen molar-refractivity contribution in [1.29, 1.82) is 0 Å². The molecular formula is C22H25N3O3. The van der Waals surface area contributed by atoms with E-state index >= 15 is 0 Å². The molecule has 0 fully saturated rings. The van der Waals surface area contributed by atoms with E-state index in [2.05, 4.69) is 10.4 Å². The van der Waals surface area contributed by atoms with Crippen LogP contribution < -0.4 is 15.1 Å². The Kier molecular flexibility index (Phi) is 5.99. The van der Waals surface area contributed by atoms with Gasteiger partial charge >= 0.3 is 0 Å². The number of ether oxygens (including phenoxy) is 2. The minimum atomic E-state index is -0.219. The minimum absolute atomic E-state index is 0.219. The topological polar surface area (TPSA) is 63.2 Å². The van der Waals surface area contributed by atoms with Gasteiger partial charge in [0.15, 0.2) is 0 Å². The Hall–Kier alpha value is -3.28. The molecule has 0 saturated carbocycles. The quantitative estimate of drug-likeness (QED) is 0.764. The summed E-state index contributed by atoms with van der Waals surface area (Å²) in [5.74, 6) is 0.828. The molecule has 2 aromatic rings. The van der Waals surface area contributed by atoms with E-state index < -0.39 is 0 Å². The predicted molar refractivity (Wildman–Crippen MR) is 113 cm³/mol. The molecule has 0 aliphatic carbocycles. The molecule has 2 aromatic carbocycles. The molecule has 28 heavy (non-hydrogen) atoms. The Morgan fingerprint density at radius 2 is 1.93 bits per heavy atom. The van der Waals surface area contributed by atoms with Gasteiger partial charge in [-0.05, 0) is 62.2 Å². The number of para-hydroxylation sites is 1. The Morgan fingerprint density at radius 1 is 1.18 bits per heavy atom. The van der Waals surface area contributed by atoms with Gasteiger partial charge < -0.3 is 14.8 Å². The highest BCUT2D eigenvalue weighted by Crippen LogP contribution is 2.31. The van der Waals surface area contributed by atoms with Crippen LogP contribution in [-0.4, -0.2) is 32.1 Å². The lowest BCUT2D eigenvalue weighted by atomic mass is 10.0. The average Bonchev–Trinajstić information content (AvgIpc) is 3.01. The van der Waals surface area contributed by atoms with E-state index in [4.69, 9.17) is 9.47 Å². The summed E-state index contributed by atoms with van der Waals surface area (Å²) in [7, 11) is 1.63. The standard InChI is InChI=1S/C22H25N3O3/c1-5-23-19-12-15(3)16(14-20(19)27-4)13-18-21(28-6-2)24-25(22(18)26)17-10-8-7-9-11-17/h7-14,23H,5-6H2,1-4H3. The van der Waals surface area contributed by atoms with Crippen LogP contribution in [0.25, 0.3) is 6.08 Å². The van der Waals surface area contributed by atoms with Crippen LogP contribution in [0.3, 0.4) is 0 Å². The molecule has 6 heteroatoms. The molecule has 3 rings (SSSR count). The molecule has 1 heterocycles. The second-order valence-electron chi connectivity index (χ2n) is 6.29. The fourth-order valence-corrected chi connectivity index (χ4v) is 3.02. The molecule has 1 aliphatic heterocycles. The summed E-state index contributed by atoms with van der Waals surface area (Å²) in [5.41, 5.74) is 3.94. The molecule has 1 aliphatic rings. The predicted octanol–water partition coefficient (Wildman–Crippen LogP) is 4.22. The summed E-state index contributed by atoms with van der Waals surface area (Å²) in [5, 5.41) is 9.05. The smallest absolute Gasteiger partial charge is 0.284 e. The number of hydrogen-bond donors (Lipinski definition) is 1. The van der Waals surface area contributed by atoms with Crippen molar-refractivity contribution in [3.63, 3.8) is 0 Å². The number of amides is 1. The van der Waals surface area contributed by atoms with Crippen molar-refractivity contribution in [2.24, 2.45) is 5.10 Å². The zero-order chi connectivity index (χ0) is 20.1. The largest absolute Gasteiger partial charge is 0.495 e. The normalized spacial score (nSPS) is 15.0. The van der Waals surface area contributed by atoms with Crippen LogP contribution in [-0.2, 0) is 9.53 Å². The average molecular weight is 379 g/mol. The van der Waals surface area contributed by atoms with E-state index in [1.807, 2.05) is 69.3 Å². The summed E-state index contributed by atoms with van der Waals surface area (Å²) in [6.07, 6.45) is 1.81. The summed E-state index contributed by atoms with van der Waals surface area (Å²) in [6, 6.07) is 13.3. The number of benzene rings is 2. The van der Waals surface area contributed by atoms with Gasteiger partial charge in [-0.3, -0.25) is 4.79 Å². The van der Waals surface area contributed by atoms with Gasteiger partial charge in [-0.25, -0.2) is 0 Å². The van der Waals surface area contributed by atoms with Crippen LogP contribution in [0.1, 0.15) is 25.0 Å². The van der Waals surface area contributed by atoms with Crippen molar-refractivity contribution < 1.29 is 14.3 Å². The second kappa shape index (κ2) is 8.61. The van der Waals surface area contributed by atoms with Crippen LogP contribution in [0.2, 0.25) is 0 Å². The molecule has 0 unspecified atom stereocenters. The van der Waals surface area contributed by atoms with Gasteiger partial charge in [0.25, 0.3) is 5.91 Å². The van der Waals surface area contributed by atoms with Crippen LogP contribution in [0.4, 0.5) is 11.4 Å². The lowest BCUT2D eigenvalue weighted by molar-refractivity contribution is -0.114. The van der Waals surface area contributed by atoms with Crippen molar-refractivity contribution >= 4 is 29.3 Å². The maximum absolute atomic E-state index is 13.1. The minimum Gasteiger partial charge on any atom is -0.495 e. The van der Waals surface area contributed by atoms with Gasteiger partial charge in [0.05, 0.1) is 25.1 Å². The summed E-state index contributed by atoms with van der Waals surface area (Å²) in [4.78, 5) is 13.1.